The number of anilines is 1. The van der Waals surface area contributed by atoms with E-state index in [4.69, 9.17) is 4.42 Å². The number of piperazine rings is 1. The van der Waals surface area contributed by atoms with Crippen molar-refractivity contribution >= 4 is 11.8 Å². The van der Waals surface area contributed by atoms with E-state index in [1.807, 2.05) is 9.80 Å². The highest BCUT2D eigenvalue weighted by Crippen LogP contribution is 2.33. The molecular weight excluding hydrogens is 366 g/mol. The molecule has 0 bridgehead atoms. The van der Waals surface area contributed by atoms with Crippen LogP contribution in [0.1, 0.15) is 41.6 Å². The summed E-state index contributed by atoms with van der Waals surface area (Å²) in [5.41, 5.74) is 3.09. The lowest BCUT2D eigenvalue weighted by molar-refractivity contribution is -0.133. The van der Waals surface area contributed by atoms with Crippen LogP contribution in [0.3, 0.4) is 0 Å². The molecule has 1 aromatic carbocycles. The lowest BCUT2D eigenvalue weighted by Gasteiger charge is -2.37. The number of oxazole rings is 1. The summed E-state index contributed by atoms with van der Waals surface area (Å²) < 4.78 is 5.60. The van der Waals surface area contributed by atoms with Crippen LogP contribution >= 0.6 is 0 Å². The van der Waals surface area contributed by atoms with Gasteiger partial charge in [-0.3, -0.25) is 9.69 Å². The minimum absolute atomic E-state index is 0.157. The zero-order valence-corrected chi connectivity index (χ0v) is 17.1. The SMILES string of the molecule is Cc1nc(C#N)c(N2CCN(C(=O)CN(C)C3CCCc4ccccc43)CC2)o1. The topological polar surface area (TPSA) is 76.6 Å². The van der Waals surface area contributed by atoms with Gasteiger partial charge in [0.05, 0.1) is 6.54 Å². The molecule has 1 unspecified atom stereocenters. The van der Waals surface area contributed by atoms with Gasteiger partial charge in [0.15, 0.2) is 5.89 Å². The zero-order valence-electron chi connectivity index (χ0n) is 17.1. The van der Waals surface area contributed by atoms with Crippen molar-refractivity contribution in [3.05, 3.63) is 47.0 Å². The van der Waals surface area contributed by atoms with Crippen LogP contribution in [0.15, 0.2) is 28.7 Å². The Labute approximate surface area is 171 Å². The third-order valence-corrected chi connectivity index (χ3v) is 6.00. The summed E-state index contributed by atoms with van der Waals surface area (Å²) >= 11 is 0. The Hall–Kier alpha value is -2.85. The smallest absolute Gasteiger partial charge is 0.236 e. The van der Waals surface area contributed by atoms with Gasteiger partial charge in [-0.05, 0) is 37.4 Å². The summed E-state index contributed by atoms with van der Waals surface area (Å²) in [6.45, 7) is 4.69. The van der Waals surface area contributed by atoms with Crippen molar-refractivity contribution in [2.45, 2.75) is 32.2 Å². The van der Waals surface area contributed by atoms with Crippen molar-refractivity contribution in [2.24, 2.45) is 0 Å². The molecule has 29 heavy (non-hydrogen) atoms. The number of nitriles is 1. The van der Waals surface area contributed by atoms with Gasteiger partial charge in [-0.25, -0.2) is 4.98 Å². The highest BCUT2D eigenvalue weighted by Gasteiger charge is 2.29. The number of benzene rings is 1. The van der Waals surface area contributed by atoms with E-state index in [0.717, 1.165) is 19.3 Å². The van der Waals surface area contributed by atoms with Crippen molar-refractivity contribution in [2.75, 3.05) is 44.7 Å². The van der Waals surface area contributed by atoms with E-state index in [9.17, 15) is 10.1 Å². The van der Waals surface area contributed by atoms with Gasteiger partial charge in [0.25, 0.3) is 0 Å². The van der Waals surface area contributed by atoms with Gasteiger partial charge in [0, 0.05) is 39.1 Å². The lowest BCUT2D eigenvalue weighted by Crippen LogP contribution is -2.51. The Morgan fingerprint density at radius 2 is 2.07 bits per heavy atom. The first-order valence-corrected chi connectivity index (χ1v) is 10.2. The maximum atomic E-state index is 12.9. The number of nitrogens with zero attached hydrogens (tertiary/aromatic N) is 5. The van der Waals surface area contributed by atoms with E-state index >= 15 is 0 Å². The van der Waals surface area contributed by atoms with Gasteiger partial charge in [0.1, 0.15) is 6.07 Å². The summed E-state index contributed by atoms with van der Waals surface area (Å²) in [5.74, 6) is 1.17. The maximum Gasteiger partial charge on any atom is 0.236 e. The van der Waals surface area contributed by atoms with E-state index < -0.39 is 0 Å². The predicted molar refractivity (Wildman–Crippen MR) is 109 cm³/mol. The lowest BCUT2D eigenvalue weighted by atomic mass is 9.87. The third kappa shape index (κ3) is 3.99. The fourth-order valence-electron chi connectivity index (χ4n) is 4.47. The highest BCUT2D eigenvalue weighted by atomic mass is 16.4. The molecule has 1 fully saturated rings. The minimum Gasteiger partial charge on any atom is -0.424 e. The summed E-state index contributed by atoms with van der Waals surface area (Å²) in [4.78, 5) is 23.1. The first kappa shape index (κ1) is 19.5. The molecule has 2 aromatic rings. The number of carbonyl (C=O) groups is 1. The number of aryl methyl sites for hydroxylation is 2. The number of hydrogen-bond donors (Lipinski definition) is 0. The molecule has 0 N–H and O–H groups in total. The Balaban J connectivity index is 1.35. The minimum atomic E-state index is 0.157. The molecule has 1 aromatic heterocycles. The van der Waals surface area contributed by atoms with Crippen LogP contribution in [0, 0.1) is 18.3 Å². The average Bonchev–Trinajstić information content (AvgIpc) is 3.14. The monoisotopic (exact) mass is 393 g/mol. The molecule has 1 saturated heterocycles. The molecule has 0 radical (unpaired) electrons. The zero-order chi connectivity index (χ0) is 20.4. The molecule has 1 aliphatic carbocycles. The predicted octanol–water partition coefficient (Wildman–Crippen LogP) is 2.51. The fourth-order valence-corrected chi connectivity index (χ4v) is 4.47. The van der Waals surface area contributed by atoms with Gasteiger partial charge in [-0.1, -0.05) is 24.3 Å². The second-order valence-corrected chi connectivity index (χ2v) is 7.89. The van der Waals surface area contributed by atoms with Crippen LogP contribution < -0.4 is 4.90 Å². The van der Waals surface area contributed by atoms with Crippen LogP contribution in [-0.2, 0) is 11.2 Å². The number of carbonyl (C=O) groups excluding carboxylic acids is 1. The Morgan fingerprint density at radius 3 is 2.83 bits per heavy atom. The molecule has 7 nitrogen and oxygen atoms in total. The number of likely N-dealkylation sites (N-methyl/N-ethyl adjacent to an activating group) is 1. The molecule has 0 spiro atoms. The molecule has 1 amide bonds. The van der Waals surface area contributed by atoms with Gasteiger partial charge < -0.3 is 14.2 Å². The fraction of sp³-hybridized carbons (Fsp3) is 0.500. The summed E-state index contributed by atoms with van der Waals surface area (Å²) in [5, 5.41) is 9.23. The Morgan fingerprint density at radius 1 is 1.31 bits per heavy atom. The third-order valence-electron chi connectivity index (χ3n) is 6.00. The Bertz CT molecular complexity index is 924. The molecule has 0 saturated carbocycles. The van der Waals surface area contributed by atoms with Crippen molar-refractivity contribution < 1.29 is 9.21 Å². The molecule has 2 heterocycles. The molecule has 152 valence electrons. The largest absolute Gasteiger partial charge is 0.424 e. The summed E-state index contributed by atoms with van der Waals surface area (Å²) in [6.07, 6.45) is 3.38. The molecule has 2 aliphatic rings. The van der Waals surface area contributed by atoms with E-state index in [1.54, 1.807) is 6.92 Å². The van der Waals surface area contributed by atoms with Crippen LogP contribution in [0.2, 0.25) is 0 Å². The summed E-state index contributed by atoms with van der Waals surface area (Å²) in [6, 6.07) is 11.0. The van der Waals surface area contributed by atoms with E-state index in [2.05, 4.69) is 47.3 Å². The quantitative estimate of drug-likeness (QED) is 0.794. The number of aromatic nitrogens is 1. The normalized spacial score (nSPS) is 19.2. The first-order valence-electron chi connectivity index (χ1n) is 10.2. The molecule has 7 heteroatoms. The number of hydrogen-bond acceptors (Lipinski definition) is 6. The average molecular weight is 393 g/mol. The number of rotatable bonds is 4. The van der Waals surface area contributed by atoms with E-state index in [0.29, 0.717) is 56.2 Å². The van der Waals surface area contributed by atoms with Crippen molar-refractivity contribution in [1.82, 2.24) is 14.8 Å². The molecule has 4 rings (SSSR count). The highest BCUT2D eigenvalue weighted by molar-refractivity contribution is 5.78. The summed E-state index contributed by atoms with van der Waals surface area (Å²) in [7, 11) is 2.05. The van der Waals surface area contributed by atoms with Gasteiger partial charge in [-0.2, -0.15) is 5.26 Å². The van der Waals surface area contributed by atoms with Crippen molar-refractivity contribution in [3.63, 3.8) is 0 Å². The van der Waals surface area contributed by atoms with Gasteiger partial charge in [-0.15, -0.1) is 0 Å². The van der Waals surface area contributed by atoms with E-state index in [1.165, 1.54) is 11.1 Å². The van der Waals surface area contributed by atoms with Crippen LogP contribution in [0.4, 0.5) is 5.88 Å². The maximum absolute atomic E-state index is 12.9. The van der Waals surface area contributed by atoms with Crippen LogP contribution in [0.25, 0.3) is 0 Å². The second kappa shape index (κ2) is 8.26. The number of fused-ring (bicyclic) bond motifs is 1. The van der Waals surface area contributed by atoms with Crippen LogP contribution in [-0.4, -0.2) is 60.5 Å². The van der Waals surface area contributed by atoms with Crippen molar-refractivity contribution in [3.8, 4) is 6.07 Å². The first-order chi connectivity index (χ1) is 14.1. The molecular formula is C22H27N5O2. The van der Waals surface area contributed by atoms with E-state index in [-0.39, 0.29) is 5.91 Å². The Kier molecular flexibility index (Phi) is 5.54. The van der Waals surface area contributed by atoms with Crippen LogP contribution in [0.5, 0.6) is 0 Å². The second-order valence-electron chi connectivity index (χ2n) is 7.89. The van der Waals surface area contributed by atoms with Gasteiger partial charge >= 0.3 is 0 Å². The van der Waals surface area contributed by atoms with Crippen molar-refractivity contribution in [1.29, 1.82) is 5.26 Å². The number of amides is 1. The van der Waals surface area contributed by atoms with Gasteiger partial charge in [0.2, 0.25) is 17.5 Å². The molecule has 1 atom stereocenters. The standard InChI is InChI=1S/C22H27N5O2/c1-16-24-19(14-23)22(29-16)27-12-10-26(11-13-27)21(28)15-25(2)20-9-5-7-17-6-3-4-8-18(17)20/h3-4,6,8,20H,5,7,9-13,15H2,1-2H3. The molecule has 1 aliphatic heterocycles.